The Kier molecular flexibility index (Phi) is 6.01. The quantitative estimate of drug-likeness (QED) is 0.809. The zero-order chi connectivity index (χ0) is 19.2. The lowest BCUT2D eigenvalue weighted by Gasteiger charge is -2.29. The molecule has 1 aromatic heterocycles. The van der Waals surface area contributed by atoms with E-state index < -0.39 is 0 Å². The largest absolute Gasteiger partial charge is 0.454 e. The number of morpholine rings is 1. The van der Waals surface area contributed by atoms with Gasteiger partial charge in [-0.05, 0) is 31.5 Å². The van der Waals surface area contributed by atoms with Crippen LogP contribution in [0.15, 0.2) is 18.2 Å². The van der Waals surface area contributed by atoms with E-state index in [-0.39, 0.29) is 12.9 Å². The molecule has 1 aromatic carbocycles. The number of hydrogen-bond acceptors (Lipinski definition) is 8. The molecule has 0 spiro atoms. The van der Waals surface area contributed by atoms with Gasteiger partial charge in [0.25, 0.3) is 0 Å². The Morgan fingerprint density at radius 1 is 1.11 bits per heavy atom. The molecule has 142 valence electrons. The van der Waals surface area contributed by atoms with Crippen molar-refractivity contribution in [1.29, 1.82) is 0 Å². The van der Waals surface area contributed by atoms with Crippen LogP contribution in [0.3, 0.4) is 0 Å². The summed E-state index contributed by atoms with van der Waals surface area (Å²) in [5.74, 6) is 3.27. The van der Waals surface area contributed by atoms with Crippen molar-refractivity contribution in [2.45, 2.75) is 20.3 Å². The fourth-order valence-corrected chi connectivity index (χ4v) is 3.14. The maximum Gasteiger partial charge on any atom is 0.373 e. The number of carbonyl (C=O) groups excluding carboxylic acids is 2. The molecule has 0 radical (unpaired) electrons. The predicted octanol–water partition coefficient (Wildman–Crippen LogP) is 2.00. The van der Waals surface area contributed by atoms with E-state index in [1.165, 1.54) is 0 Å². The van der Waals surface area contributed by atoms with Crippen LogP contribution in [-0.4, -0.2) is 49.2 Å². The van der Waals surface area contributed by atoms with Gasteiger partial charge in [-0.2, -0.15) is 9.59 Å². The number of rotatable bonds is 3. The molecule has 1 saturated heterocycles. The van der Waals surface area contributed by atoms with E-state index in [0.717, 1.165) is 72.7 Å². The molecule has 0 N–H and O–H groups in total. The van der Waals surface area contributed by atoms with Crippen LogP contribution < -0.4 is 14.4 Å². The summed E-state index contributed by atoms with van der Waals surface area (Å²) in [4.78, 5) is 28.2. The van der Waals surface area contributed by atoms with E-state index in [1.54, 1.807) is 0 Å². The summed E-state index contributed by atoms with van der Waals surface area (Å²) in [6, 6.07) is 5.86. The molecule has 0 atom stereocenters. The Balaban J connectivity index is 0.000000659. The van der Waals surface area contributed by atoms with Gasteiger partial charge < -0.3 is 19.1 Å². The maximum atomic E-state index is 8.12. The second-order valence-corrected chi connectivity index (χ2v) is 6.05. The third-order valence-corrected chi connectivity index (χ3v) is 4.50. The lowest BCUT2D eigenvalue weighted by Crippen LogP contribution is -2.37. The number of hydrogen-bond donors (Lipinski definition) is 0. The highest BCUT2D eigenvalue weighted by molar-refractivity contribution is 5.64. The Bertz CT molecular complexity index is 843. The summed E-state index contributed by atoms with van der Waals surface area (Å²) in [6.45, 7) is 7.71. The standard InChI is InChI=1S/C18H21N3O3.CO2/c1-3-14-12(2)18(21-6-8-22-9-7-21)20-17(19-14)13-4-5-15-16(10-13)24-11-23-15;2-1-3/h4-5,10H,3,6-9,11H2,1-2H3;. The van der Waals surface area contributed by atoms with Gasteiger partial charge in [-0.1, -0.05) is 6.92 Å². The topological polar surface area (TPSA) is 90.8 Å². The van der Waals surface area contributed by atoms with E-state index in [1.807, 2.05) is 18.2 Å². The van der Waals surface area contributed by atoms with Crippen LogP contribution in [0.2, 0.25) is 0 Å². The Morgan fingerprint density at radius 2 is 1.81 bits per heavy atom. The molecule has 27 heavy (non-hydrogen) atoms. The number of aryl methyl sites for hydroxylation is 1. The third kappa shape index (κ3) is 4.07. The first-order valence-corrected chi connectivity index (χ1v) is 8.77. The second kappa shape index (κ2) is 8.62. The molecule has 0 saturated carbocycles. The Hall–Kier alpha value is -2.96. The number of aromatic nitrogens is 2. The average molecular weight is 371 g/mol. The number of nitrogens with zero attached hydrogens (tertiary/aromatic N) is 3. The summed E-state index contributed by atoms with van der Waals surface area (Å²) in [7, 11) is 0. The summed E-state index contributed by atoms with van der Waals surface area (Å²) in [5, 5.41) is 0. The molecule has 0 aliphatic carbocycles. The minimum Gasteiger partial charge on any atom is -0.454 e. The van der Waals surface area contributed by atoms with Crippen molar-refractivity contribution in [2.24, 2.45) is 0 Å². The SMILES string of the molecule is CCc1nc(-c2ccc3c(c2)OCO3)nc(N2CCOCC2)c1C.O=C=O. The van der Waals surface area contributed by atoms with Crippen LogP contribution in [0, 0.1) is 6.92 Å². The van der Waals surface area contributed by atoms with Crippen molar-refractivity contribution >= 4 is 12.0 Å². The molecule has 1 fully saturated rings. The lowest BCUT2D eigenvalue weighted by molar-refractivity contribution is -0.191. The predicted molar refractivity (Wildman–Crippen MR) is 95.7 cm³/mol. The third-order valence-electron chi connectivity index (χ3n) is 4.50. The van der Waals surface area contributed by atoms with Gasteiger partial charge in [-0.25, -0.2) is 9.97 Å². The molecule has 8 heteroatoms. The number of anilines is 1. The van der Waals surface area contributed by atoms with Crippen molar-refractivity contribution in [3.63, 3.8) is 0 Å². The second-order valence-electron chi connectivity index (χ2n) is 6.05. The summed E-state index contributed by atoms with van der Waals surface area (Å²) >= 11 is 0. The Morgan fingerprint density at radius 3 is 2.52 bits per heavy atom. The van der Waals surface area contributed by atoms with Gasteiger partial charge in [0, 0.05) is 29.9 Å². The molecule has 8 nitrogen and oxygen atoms in total. The minimum atomic E-state index is 0.250. The monoisotopic (exact) mass is 371 g/mol. The van der Waals surface area contributed by atoms with Crippen LogP contribution >= 0.6 is 0 Å². The van der Waals surface area contributed by atoms with E-state index in [9.17, 15) is 0 Å². The molecule has 2 aromatic rings. The summed E-state index contributed by atoms with van der Waals surface area (Å²) < 4.78 is 16.3. The first-order chi connectivity index (χ1) is 13.2. The van der Waals surface area contributed by atoms with Gasteiger partial charge in [0.2, 0.25) is 6.79 Å². The van der Waals surface area contributed by atoms with Crippen molar-refractivity contribution in [3.8, 4) is 22.9 Å². The number of benzene rings is 1. The van der Waals surface area contributed by atoms with Gasteiger partial charge in [0.15, 0.2) is 17.3 Å². The molecule has 4 rings (SSSR count). The van der Waals surface area contributed by atoms with Crippen LogP contribution in [0.1, 0.15) is 18.2 Å². The fourth-order valence-electron chi connectivity index (χ4n) is 3.14. The van der Waals surface area contributed by atoms with Crippen molar-refractivity contribution in [1.82, 2.24) is 9.97 Å². The maximum absolute atomic E-state index is 8.12. The van der Waals surface area contributed by atoms with Gasteiger partial charge in [0.1, 0.15) is 5.82 Å². The smallest absolute Gasteiger partial charge is 0.373 e. The molecule has 3 heterocycles. The van der Waals surface area contributed by atoms with E-state index in [2.05, 4.69) is 18.7 Å². The first-order valence-electron chi connectivity index (χ1n) is 8.77. The van der Waals surface area contributed by atoms with Crippen molar-refractivity contribution in [3.05, 3.63) is 29.5 Å². The van der Waals surface area contributed by atoms with E-state index in [0.29, 0.717) is 0 Å². The van der Waals surface area contributed by atoms with E-state index in [4.69, 9.17) is 33.8 Å². The number of ether oxygens (including phenoxy) is 3. The van der Waals surface area contributed by atoms with Gasteiger partial charge in [0.05, 0.1) is 13.2 Å². The molecule has 0 bridgehead atoms. The van der Waals surface area contributed by atoms with Crippen LogP contribution in [-0.2, 0) is 20.7 Å². The lowest BCUT2D eigenvalue weighted by atomic mass is 10.1. The summed E-state index contributed by atoms with van der Waals surface area (Å²) in [5.41, 5.74) is 3.19. The highest BCUT2D eigenvalue weighted by atomic mass is 16.7. The zero-order valence-corrected chi connectivity index (χ0v) is 15.4. The summed E-state index contributed by atoms with van der Waals surface area (Å²) in [6.07, 6.45) is 1.13. The van der Waals surface area contributed by atoms with E-state index >= 15 is 0 Å². The van der Waals surface area contributed by atoms with Crippen LogP contribution in [0.4, 0.5) is 5.82 Å². The molecule has 2 aliphatic rings. The highest BCUT2D eigenvalue weighted by Gasteiger charge is 2.20. The van der Waals surface area contributed by atoms with Crippen molar-refractivity contribution in [2.75, 3.05) is 38.0 Å². The molecule has 0 amide bonds. The highest BCUT2D eigenvalue weighted by Crippen LogP contribution is 2.36. The average Bonchev–Trinajstić information content (AvgIpc) is 3.17. The van der Waals surface area contributed by atoms with Crippen molar-refractivity contribution < 1.29 is 23.8 Å². The molecular weight excluding hydrogens is 350 g/mol. The zero-order valence-electron chi connectivity index (χ0n) is 15.4. The van der Waals surface area contributed by atoms with Gasteiger partial charge in [-0.15, -0.1) is 0 Å². The van der Waals surface area contributed by atoms with Gasteiger partial charge in [-0.3, -0.25) is 0 Å². The molecular formula is C19H21N3O5. The Labute approximate surface area is 157 Å². The normalized spacial score (nSPS) is 15.0. The molecule has 0 unspecified atom stereocenters. The molecule has 2 aliphatic heterocycles. The van der Waals surface area contributed by atoms with Crippen LogP contribution in [0.5, 0.6) is 11.5 Å². The van der Waals surface area contributed by atoms with Gasteiger partial charge >= 0.3 is 6.15 Å². The van der Waals surface area contributed by atoms with Crippen LogP contribution in [0.25, 0.3) is 11.4 Å². The minimum absolute atomic E-state index is 0.250. The number of fused-ring (bicyclic) bond motifs is 1. The fraction of sp³-hybridized carbons (Fsp3) is 0.421. The first kappa shape index (κ1) is 18.8.